The molecule has 4 radical (unpaired) electrons. The molecule has 25 heteroatoms. The van der Waals surface area contributed by atoms with Crippen molar-refractivity contribution in [3.05, 3.63) is 0 Å². The van der Waals surface area contributed by atoms with Gasteiger partial charge in [-0.05, 0) is 0 Å². The van der Waals surface area contributed by atoms with Gasteiger partial charge in [0.15, 0.2) is 0 Å². The van der Waals surface area contributed by atoms with Crippen LogP contribution in [-0.2, 0) is 81.2 Å². The third-order valence-electron chi connectivity index (χ3n) is 0.400. The fourth-order valence-electron chi connectivity index (χ4n) is 0.163. The maximum absolute atomic E-state index is 9.24. The summed E-state index contributed by atoms with van der Waals surface area (Å²) in [4.78, 5) is 111. The average molecular weight is 649 g/mol. The van der Waals surface area contributed by atoms with Gasteiger partial charge >= 0.3 is 68.3 Å². The van der Waals surface area contributed by atoms with Gasteiger partial charge < -0.3 is 71.7 Å². The molecular weight excluding hydrogens is 649 g/mol. The molecule has 0 bridgehead atoms. The first-order chi connectivity index (χ1) is 9.38. The molecule has 0 aliphatic heterocycles. The van der Waals surface area contributed by atoms with Crippen LogP contribution >= 0.6 is 51.6 Å². The van der Waals surface area contributed by atoms with E-state index in [2.05, 4.69) is 12.9 Å². The minimum Gasteiger partial charge on any atom is -0.820 e. The van der Waals surface area contributed by atoms with E-state index in [9.17, 15) is 58.7 Å². The van der Waals surface area contributed by atoms with Crippen LogP contribution < -0.4 is 58.7 Å². The largest absolute Gasteiger partial charge is 3.00 e. The minimum absolute atomic E-state index is 0. The Morgan fingerprint density at radius 1 is 0.280 bits per heavy atom. The molecule has 0 rings (SSSR count). The predicted molar refractivity (Wildman–Crippen MR) is 44.8 cm³/mol. The first kappa shape index (κ1) is 47.0. The van der Waals surface area contributed by atoms with Gasteiger partial charge in [-0.25, -0.2) is 0 Å². The van der Waals surface area contributed by atoms with Crippen LogP contribution in [0.4, 0.5) is 0 Å². The number of rotatable bonds is 6. The average Bonchev–Trinajstić information content (AvgIpc) is 2.10. The van der Waals surface area contributed by atoms with Gasteiger partial charge in [0.25, 0.3) is 0 Å². The van der Waals surface area contributed by atoms with Gasteiger partial charge in [-0.2, -0.15) is 51.6 Å². The summed E-state index contributed by atoms with van der Waals surface area (Å²) in [6.45, 7) is 0. The Hall–Kier alpha value is 4.06. The van der Waals surface area contributed by atoms with Gasteiger partial charge in [0.05, 0.1) is 0 Å². The van der Waals surface area contributed by atoms with Gasteiger partial charge in [-0.1, -0.05) is 0 Å². The monoisotopic (exact) mass is 650 g/mol. The summed E-state index contributed by atoms with van der Waals surface area (Å²) in [5.74, 6) is 0. The standard InChI is InChI=1S/4Fe.3O5P2/c;;;;3*1-6(2)5-7(3)4/q4*+3;3*-4. The first-order valence-electron chi connectivity index (χ1n) is 3.29. The maximum Gasteiger partial charge on any atom is 3.00 e. The molecule has 0 saturated heterocycles. The first-order valence-corrected chi connectivity index (χ1v) is 9.86. The zero-order valence-corrected chi connectivity index (χ0v) is 20.0. The van der Waals surface area contributed by atoms with Crippen LogP contribution in [0.2, 0.25) is 0 Å². The van der Waals surface area contributed by atoms with Crippen molar-refractivity contribution in [2.24, 2.45) is 0 Å². The molecule has 0 amide bonds. The van der Waals surface area contributed by atoms with Crippen LogP contribution in [0.15, 0.2) is 0 Å². The zero-order valence-electron chi connectivity index (χ0n) is 10.2. The van der Waals surface area contributed by atoms with Crippen molar-refractivity contribution in [2.75, 3.05) is 0 Å². The van der Waals surface area contributed by atoms with Crippen LogP contribution in [0, 0.1) is 0 Å². The van der Waals surface area contributed by atoms with Crippen LogP contribution in [-0.4, -0.2) is 0 Å². The number of hydrogen-bond acceptors (Lipinski definition) is 15. The van der Waals surface area contributed by atoms with Crippen LogP contribution in [0.5, 0.6) is 0 Å². The molecule has 0 saturated carbocycles. The third kappa shape index (κ3) is 73.9. The Morgan fingerprint density at radius 3 is 0.360 bits per heavy atom. The summed E-state index contributed by atoms with van der Waals surface area (Å²) in [5, 5.41) is 0. The molecule has 25 heavy (non-hydrogen) atoms. The molecule has 0 aliphatic rings. The van der Waals surface area contributed by atoms with E-state index < -0.39 is 51.6 Å². The van der Waals surface area contributed by atoms with Gasteiger partial charge in [0.2, 0.25) is 0 Å². The summed E-state index contributed by atoms with van der Waals surface area (Å²) in [7, 11) is -19.4. The summed E-state index contributed by atoms with van der Waals surface area (Å²) < 4.78 is 9.47. The molecule has 0 spiro atoms. The summed E-state index contributed by atoms with van der Waals surface area (Å²) in [6, 6.07) is 0. The molecule has 0 atom stereocenters. The summed E-state index contributed by atoms with van der Waals surface area (Å²) in [6.07, 6.45) is 0. The van der Waals surface area contributed by atoms with Gasteiger partial charge in [-0.15, -0.1) is 0 Å². The van der Waals surface area contributed by atoms with E-state index in [1.165, 1.54) is 0 Å². The Labute approximate surface area is 190 Å². The number of hydrogen-bond donors (Lipinski definition) is 0. The van der Waals surface area contributed by atoms with Crippen molar-refractivity contribution in [3.8, 4) is 0 Å². The van der Waals surface area contributed by atoms with Crippen molar-refractivity contribution in [2.45, 2.75) is 0 Å². The normalized spacial score (nSPS) is 9.36. The van der Waals surface area contributed by atoms with Crippen LogP contribution in [0.1, 0.15) is 0 Å². The van der Waals surface area contributed by atoms with E-state index in [4.69, 9.17) is 0 Å². The van der Waals surface area contributed by atoms with Crippen molar-refractivity contribution in [1.82, 2.24) is 0 Å². The second-order valence-electron chi connectivity index (χ2n) is 1.59. The van der Waals surface area contributed by atoms with E-state index in [-0.39, 0.29) is 68.3 Å². The summed E-state index contributed by atoms with van der Waals surface area (Å²) in [5.41, 5.74) is 0. The van der Waals surface area contributed by atoms with Crippen LogP contribution in [0.3, 0.4) is 0 Å². The van der Waals surface area contributed by atoms with Gasteiger partial charge in [0.1, 0.15) is 0 Å². The molecule has 15 nitrogen and oxygen atoms in total. The van der Waals surface area contributed by atoms with E-state index in [0.717, 1.165) is 0 Å². The molecule has 0 aromatic heterocycles. The van der Waals surface area contributed by atoms with Crippen molar-refractivity contribution in [3.63, 3.8) is 0 Å². The summed E-state index contributed by atoms with van der Waals surface area (Å²) >= 11 is 0. The Morgan fingerprint density at radius 2 is 0.360 bits per heavy atom. The van der Waals surface area contributed by atoms with E-state index in [0.29, 0.717) is 0 Å². The molecule has 0 heterocycles. The fourth-order valence-corrected chi connectivity index (χ4v) is 1.47. The van der Waals surface area contributed by atoms with Crippen molar-refractivity contribution in [1.29, 1.82) is 0 Å². The maximum atomic E-state index is 9.24. The van der Waals surface area contributed by atoms with E-state index >= 15 is 0 Å². The van der Waals surface area contributed by atoms with Crippen molar-refractivity contribution >= 4 is 51.6 Å². The molecule has 0 aromatic rings. The zero-order chi connectivity index (χ0) is 17.6. The SMILES string of the molecule is [Fe+3].[Fe+3].[Fe+3].[Fe+3].[O-]P([O-])OP([O-])[O-].[O-]P([O-])OP([O-])[O-].[O-]P([O-])OP([O-])[O-]. The topological polar surface area (TPSA) is 304 Å². The van der Waals surface area contributed by atoms with E-state index in [1.54, 1.807) is 0 Å². The minimum atomic E-state index is -3.24. The molecule has 0 unspecified atom stereocenters. The van der Waals surface area contributed by atoms with Gasteiger partial charge in [0, 0.05) is 0 Å². The second-order valence-corrected chi connectivity index (χ2v) is 6.23. The molecule has 0 N–H and O–H groups in total. The predicted octanol–water partition coefficient (Wildman–Crippen LogP) is -9.32. The molecule has 0 aromatic carbocycles. The second kappa shape index (κ2) is 32.7. The third-order valence-corrected chi connectivity index (χ3v) is 3.60. The fraction of sp³-hybridized carbons (Fsp3) is 0. The molecular formula is Fe4O15P6. The van der Waals surface area contributed by atoms with Gasteiger partial charge in [-0.3, -0.25) is 0 Å². The Bertz CT molecular complexity index is 155. The quantitative estimate of drug-likeness (QED) is 0.191. The van der Waals surface area contributed by atoms with Crippen LogP contribution in [0.25, 0.3) is 0 Å². The Balaban J connectivity index is -0.0000000360. The smallest absolute Gasteiger partial charge is 0.820 e. The van der Waals surface area contributed by atoms with E-state index in [1.807, 2.05) is 0 Å². The molecule has 0 aliphatic carbocycles. The van der Waals surface area contributed by atoms with Crippen molar-refractivity contribution < 1.29 is 140 Å². The Kier molecular flexibility index (Phi) is 61.5. The molecule has 152 valence electrons. The molecule has 0 fully saturated rings.